The van der Waals surface area contributed by atoms with Crippen molar-refractivity contribution in [2.75, 3.05) is 26.0 Å². The van der Waals surface area contributed by atoms with Crippen LogP contribution in [0.2, 0.25) is 0 Å². The maximum Gasteiger partial charge on any atom is 0.208 e. The highest BCUT2D eigenvalue weighted by Gasteiger charge is 2.32. The molecule has 7 heteroatoms. The fourth-order valence-corrected chi connectivity index (χ4v) is 5.98. The van der Waals surface area contributed by atoms with Crippen molar-refractivity contribution in [3.05, 3.63) is 66.0 Å². The van der Waals surface area contributed by atoms with Gasteiger partial charge in [0.2, 0.25) is 10.0 Å². The smallest absolute Gasteiger partial charge is 0.208 e. The number of nitrogens with one attached hydrogen (secondary N) is 1. The predicted molar refractivity (Wildman–Crippen MR) is 127 cm³/mol. The lowest BCUT2D eigenvalue weighted by Gasteiger charge is -2.39. The van der Waals surface area contributed by atoms with Gasteiger partial charge in [-0.3, -0.25) is 9.88 Å². The summed E-state index contributed by atoms with van der Waals surface area (Å²) in [6.07, 6.45) is 8.54. The van der Waals surface area contributed by atoms with Crippen LogP contribution in [0.15, 0.2) is 54.7 Å². The van der Waals surface area contributed by atoms with Gasteiger partial charge in [-0.15, -0.1) is 0 Å². The number of likely N-dealkylation sites (tertiary alicyclic amines) is 1. The van der Waals surface area contributed by atoms with Gasteiger partial charge in [-0.2, -0.15) is 0 Å². The standard InChI is InChI=1S/C25H35N3O3S/c1-32(29,30)27-25-14-16-28(18-23-9-5-6-15-26-23)17-22(25)19-31-24-12-10-21(11-13-24)20-7-3-2-4-8-20/h2-9,15,21-22,24-25,27H,10-14,16-19H2,1H3/t21-,22-,24+,25-/m0/s1. The van der Waals surface area contributed by atoms with E-state index in [-0.39, 0.29) is 18.1 Å². The third kappa shape index (κ3) is 6.85. The van der Waals surface area contributed by atoms with Crippen LogP contribution in [0.4, 0.5) is 0 Å². The SMILES string of the molecule is CS(=O)(=O)N[C@H]1CCN(Cc2ccccn2)C[C@H]1CO[C@H]1CC[C@@H](c2ccccc2)CC1. The highest BCUT2D eigenvalue weighted by atomic mass is 32.2. The van der Waals surface area contributed by atoms with Crippen molar-refractivity contribution < 1.29 is 13.2 Å². The van der Waals surface area contributed by atoms with E-state index in [1.54, 1.807) is 0 Å². The maximum atomic E-state index is 11.9. The number of sulfonamides is 1. The van der Waals surface area contributed by atoms with Crippen molar-refractivity contribution in [2.24, 2.45) is 5.92 Å². The van der Waals surface area contributed by atoms with Crippen molar-refractivity contribution in [1.29, 1.82) is 0 Å². The second kappa shape index (κ2) is 10.9. The highest BCUT2D eigenvalue weighted by molar-refractivity contribution is 7.88. The first-order valence-corrected chi connectivity index (χ1v) is 13.6. The average molecular weight is 458 g/mol. The number of rotatable bonds is 8. The first kappa shape index (κ1) is 23.4. The van der Waals surface area contributed by atoms with E-state index in [2.05, 4.69) is 44.9 Å². The minimum absolute atomic E-state index is 0.0781. The zero-order valence-corrected chi connectivity index (χ0v) is 19.7. The summed E-state index contributed by atoms with van der Waals surface area (Å²) in [7, 11) is -3.25. The second-order valence-electron chi connectivity index (χ2n) is 9.32. The summed E-state index contributed by atoms with van der Waals surface area (Å²) >= 11 is 0. The lowest BCUT2D eigenvalue weighted by molar-refractivity contribution is -0.0180. The van der Waals surface area contributed by atoms with Gasteiger partial charge in [0.25, 0.3) is 0 Å². The van der Waals surface area contributed by atoms with Gasteiger partial charge in [-0.25, -0.2) is 13.1 Å². The summed E-state index contributed by atoms with van der Waals surface area (Å²) in [6, 6.07) is 16.7. The molecular weight excluding hydrogens is 422 g/mol. The van der Waals surface area contributed by atoms with Gasteiger partial charge in [0, 0.05) is 37.8 Å². The largest absolute Gasteiger partial charge is 0.378 e. The first-order valence-electron chi connectivity index (χ1n) is 11.7. The van der Waals surface area contributed by atoms with Crippen molar-refractivity contribution in [3.63, 3.8) is 0 Å². The molecule has 0 bridgehead atoms. The Kier molecular flexibility index (Phi) is 7.94. The molecule has 0 amide bonds. The molecule has 4 rings (SSSR count). The highest BCUT2D eigenvalue weighted by Crippen LogP contribution is 2.34. The van der Waals surface area contributed by atoms with Crippen LogP contribution in [0.3, 0.4) is 0 Å². The van der Waals surface area contributed by atoms with Crippen molar-refractivity contribution in [1.82, 2.24) is 14.6 Å². The number of benzene rings is 1. The minimum atomic E-state index is -3.25. The van der Waals surface area contributed by atoms with Crippen LogP contribution in [-0.4, -0.2) is 56.4 Å². The maximum absolute atomic E-state index is 11.9. The fraction of sp³-hybridized carbons (Fsp3) is 0.560. The van der Waals surface area contributed by atoms with Crippen LogP contribution < -0.4 is 4.72 Å². The number of hydrogen-bond acceptors (Lipinski definition) is 5. The molecule has 2 fully saturated rings. The summed E-state index contributed by atoms with van der Waals surface area (Å²) in [5.74, 6) is 0.758. The van der Waals surface area contributed by atoms with Crippen LogP contribution in [0.25, 0.3) is 0 Å². The lowest BCUT2D eigenvalue weighted by Crippen LogP contribution is -2.52. The Balaban J connectivity index is 1.32. The van der Waals surface area contributed by atoms with E-state index in [4.69, 9.17) is 4.74 Å². The van der Waals surface area contributed by atoms with Crippen LogP contribution in [0.5, 0.6) is 0 Å². The first-order chi connectivity index (χ1) is 15.5. The van der Waals surface area contributed by atoms with Gasteiger partial charge in [0.05, 0.1) is 24.7 Å². The Hall–Kier alpha value is -1.80. The van der Waals surface area contributed by atoms with Crippen molar-refractivity contribution in [3.8, 4) is 0 Å². The topological polar surface area (TPSA) is 71.5 Å². The van der Waals surface area contributed by atoms with Crippen LogP contribution in [-0.2, 0) is 21.3 Å². The van der Waals surface area contributed by atoms with E-state index in [9.17, 15) is 8.42 Å². The Bertz CT molecular complexity index is 931. The Morgan fingerprint density at radius 2 is 1.78 bits per heavy atom. The molecule has 2 heterocycles. The van der Waals surface area contributed by atoms with Crippen LogP contribution in [0.1, 0.15) is 49.3 Å². The van der Waals surface area contributed by atoms with Gasteiger partial charge in [0.15, 0.2) is 0 Å². The Morgan fingerprint density at radius 3 is 2.47 bits per heavy atom. The fourth-order valence-electron chi connectivity index (χ4n) is 5.12. The summed E-state index contributed by atoms with van der Waals surface area (Å²) in [6.45, 7) is 3.03. The van der Waals surface area contributed by atoms with Gasteiger partial charge in [-0.1, -0.05) is 36.4 Å². The van der Waals surface area contributed by atoms with Gasteiger partial charge in [0.1, 0.15) is 0 Å². The van der Waals surface area contributed by atoms with Gasteiger partial charge in [-0.05, 0) is 55.7 Å². The van der Waals surface area contributed by atoms with E-state index < -0.39 is 10.0 Å². The molecule has 2 aromatic rings. The molecule has 1 saturated carbocycles. The molecule has 32 heavy (non-hydrogen) atoms. The summed E-state index contributed by atoms with van der Waals surface area (Å²) in [5.41, 5.74) is 2.47. The molecule has 0 radical (unpaired) electrons. The molecule has 1 aromatic heterocycles. The minimum Gasteiger partial charge on any atom is -0.378 e. The van der Waals surface area contributed by atoms with E-state index >= 15 is 0 Å². The molecule has 1 N–H and O–H groups in total. The third-order valence-electron chi connectivity index (χ3n) is 6.79. The number of aromatic nitrogens is 1. The zero-order valence-electron chi connectivity index (χ0n) is 18.9. The molecular formula is C25H35N3O3S. The van der Waals surface area contributed by atoms with E-state index in [1.165, 1.54) is 11.8 Å². The van der Waals surface area contributed by atoms with E-state index in [0.29, 0.717) is 12.5 Å². The summed E-state index contributed by atoms with van der Waals surface area (Å²) < 4.78 is 33.1. The predicted octanol–water partition coefficient (Wildman–Crippen LogP) is 3.56. The summed E-state index contributed by atoms with van der Waals surface area (Å²) in [5, 5.41) is 0. The number of piperidine rings is 1. The monoisotopic (exact) mass is 457 g/mol. The van der Waals surface area contributed by atoms with Crippen LogP contribution >= 0.6 is 0 Å². The molecule has 0 unspecified atom stereocenters. The number of nitrogens with zero attached hydrogens (tertiary/aromatic N) is 2. The second-order valence-corrected chi connectivity index (χ2v) is 11.1. The Morgan fingerprint density at radius 1 is 1.03 bits per heavy atom. The molecule has 0 spiro atoms. The lowest BCUT2D eigenvalue weighted by atomic mass is 9.82. The molecule has 2 aliphatic rings. The van der Waals surface area contributed by atoms with E-state index in [1.807, 2.05) is 24.4 Å². The zero-order chi connectivity index (χ0) is 22.4. The van der Waals surface area contributed by atoms with Crippen molar-refractivity contribution in [2.45, 2.75) is 56.7 Å². The normalized spacial score (nSPS) is 27.3. The van der Waals surface area contributed by atoms with E-state index in [0.717, 1.165) is 57.4 Å². The number of hydrogen-bond donors (Lipinski definition) is 1. The molecule has 1 aliphatic heterocycles. The van der Waals surface area contributed by atoms with Crippen molar-refractivity contribution >= 4 is 10.0 Å². The molecule has 1 saturated heterocycles. The molecule has 1 aliphatic carbocycles. The summed E-state index contributed by atoms with van der Waals surface area (Å²) in [4.78, 5) is 6.81. The molecule has 174 valence electrons. The Labute approximate surface area is 192 Å². The quantitative estimate of drug-likeness (QED) is 0.656. The molecule has 2 atom stereocenters. The number of pyridine rings is 1. The third-order valence-corrected chi connectivity index (χ3v) is 7.52. The average Bonchev–Trinajstić information content (AvgIpc) is 2.80. The molecule has 1 aromatic carbocycles. The van der Waals surface area contributed by atoms with Gasteiger partial charge >= 0.3 is 0 Å². The number of ether oxygens (including phenoxy) is 1. The molecule has 6 nitrogen and oxygen atoms in total. The van der Waals surface area contributed by atoms with Crippen LogP contribution in [0, 0.1) is 5.92 Å². The van der Waals surface area contributed by atoms with Gasteiger partial charge < -0.3 is 4.74 Å².